The van der Waals surface area contributed by atoms with Crippen LogP contribution >= 0.6 is 0 Å². The van der Waals surface area contributed by atoms with Crippen LogP contribution in [-0.2, 0) is 6.42 Å². The van der Waals surface area contributed by atoms with E-state index in [4.69, 9.17) is 5.73 Å². The van der Waals surface area contributed by atoms with Gasteiger partial charge in [0.05, 0.1) is 5.69 Å². The summed E-state index contributed by atoms with van der Waals surface area (Å²) in [6.07, 6.45) is 0.472. The van der Waals surface area contributed by atoms with E-state index in [9.17, 15) is 0 Å². The Morgan fingerprint density at radius 3 is 2.43 bits per heavy atom. The number of hydrogen-bond donors (Lipinski definition) is 1. The molecular weight excluding hydrogens is 344 g/mol. The van der Waals surface area contributed by atoms with Crippen LogP contribution in [0.3, 0.4) is 0 Å². The summed E-state index contributed by atoms with van der Waals surface area (Å²) in [4.78, 5) is 0. The average Bonchev–Trinajstić information content (AvgIpc) is 3.06. The molecule has 0 aliphatic heterocycles. The molecule has 0 amide bonds. The summed E-state index contributed by atoms with van der Waals surface area (Å²) in [5.74, 6) is 1.62. The Morgan fingerprint density at radius 1 is 0.929 bits per heavy atom. The van der Waals surface area contributed by atoms with E-state index in [0.29, 0.717) is 12.1 Å². The molecule has 0 bridgehead atoms. The maximum atomic E-state index is 5.93. The number of hydrogen-bond acceptors (Lipinski definition) is 3. The Labute approximate surface area is 165 Å². The molecule has 0 radical (unpaired) electrons. The van der Waals surface area contributed by atoms with Gasteiger partial charge in [-0.15, -0.1) is 10.2 Å². The first-order chi connectivity index (χ1) is 13.5. The molecule has 2 N–H and O–H groups in total. The third-order valence-corrected chi connectivity index (χ3v) is 5.20. The predicted molar refractivity (Wildman–Crippen MR) is 116 cm³/mol. The van der Waals surface area contributed by atoms with Crippen LogP contribution in [0.2, 0.25) is 0 Å². The summed E-state index contributed by atoms with van der Waals surface area (Å²) in [6, 6.07) is 19.0. The van der Waals surface area contributed by atoms with Gasteiger partial charge < -0.3 is 5.73 Å². The number of rotatable bonds is 4. The van der Waals surface area contributed by atoms with Gasteiger partial charge in [-0.2, -0.15) is 0 Å². The Balaban J connectivity index is 2.04. The molecule has 0 aliphatic carbocycles. The zero-order valence-electron chi connectivity index (χ0n) is 16.5. The molecular formula is C24H24N4. The normalized spacial score (nSPS) is 11.1. The Kier molecular flexibility index (Phi) is 4.47. The lowest BCUT2D eigenvalue weighted by atomic mass is 10.00. The monoisotopic (exact) mass is 368 g/mol. The van der Waals surface area contributed by atoms with Crippen LogP contribution in [0.15, 0.2) is 66.9 Å². The van der Waals surface area contributed by atoms with Crippen molar-refractivity contribution in [3.63, 3.8) is 0 Å². The summed E-state index contributed by atoms with van der Waals surface area (Å²) in [5.41, 5.74) is 12.3. The Bertz CT molecular complexity index is 1200. The molecule has 1 aromatic heterocycles. The number of benzene rings is 3. The highest BCUT2D eigenvalue weighted by atomic mass is 15.3. The smallest absolute Gasteiger partial charge is 0.168 e. The first-order valence-electron chi connectivity index (χ1n) is 9.39. The van der Waals surface area contributed by atoms with Gasteiger partial charge in [-0.1, -0.05) is 49.0 Å². The summed E-state index contributed by atoms with van der Waals surface area (Å²) >= 11 is 0. The van der Waals surface area contributed by atoms with Crippen molar-refractivity contribution in [3.05, 3.63) is 89.4 Å². The second-order valence-electron chi connectivity index (χ2n) is 7.36. The van der Waals surface area contributed by atoms with Gasteiger partial charge in [0, 0.05) is 23.1 Å². The predicted octanol–water partition coefficient (Wildman–Crippen LogP) is 5.03. The quantitative estimate of drug-likeness (QED) is 0.550. The highest BCUT2D eigenvalue weighted by Gasteiger charge is 2.19. The molecule has 3 aromatic carbocycles. The molecule has 0 fully saturated rings. The summed E-state index contributed by atoms with van der Waals surface area (Å²) in [5, 5.41) is 11.4. The lowest BCUT2D eigenvalue weighted by Gasteiger charge is -2.15. The second kappa shape index (κ2) is 6.97. The van der Waals surface area contributed by atoms with Crippen LogP contribution in [-0.4, -0.2) is 14.8 Å². The van der Waals surface area contributed by atoms with Crippen molar-refractivity contribution in [2.45, 2.75) is 27.2 Å². The maximum absolute atomic E-state index is 5.93. The van der Waals surface area contributed by atoms with Gasteiger partial charge in [-0.25, -0.2) is 0 Å². The summed E-state index contributed by atoms with van der Waals surface area (Å²) in [6.45, 7) is 10.2. The lowest BCUT2D eigenvalue weighted by Crippen LogP contribution is -2.08. The number of fused-ring (bicyclic) bond motifs is 1. The minimum atomic E-state index is 0.472. The van der Waals surface area contributed by atoms with Crippen molar-refractivity contribution < 1.29 is 0 Å². The minimum absolute atomic E-state index is 0.472. The zero-order valence-corrected chi connectivity index (χ0v) is 16.5. The number of nitrogens with zero attached hydrogens (tertiary/aromatic N) is 3. The number of aromatic nitrogens is 3. The van der Waals surface area contributed by atoms with Gasteiger partial charge in [0.25, 0.3) is 0 Å². The van der Waals surface area contributed by atoms with E-state index in [2.05, 4.69) is 96.7 Å². The number of nitrogens with two attached hydrogens (primary N) is 1. The molecule has 0 saturated heterocycles. The fourth-order valence-corrected chi connectivity index (χ4v) is 3.67. The van der Waals surface area contributed by atoms with Crippen molar-refractivity contribution in [2.75, 3.05) is 0 Å². The van der Waals surface area contributed by atoms with E-state index in [0.717, 1.165) is 28.3 Å². The van der Waals surface area contributed by atoms with Crippen molar-refractivity contribution >= 4 is 10.8 Å². The van der Waals surface area contributed by atoms with Crippen LogP contribution in [0.5, 0.6) is 0 Å². The molecule has 0 aliphatic rings. The van der Waals surface area contributed by atoms with E-state index < -0.39 is 0 Å². The van der Waals surface area contributed by atoms with E-state index >= 15 is 0 Å². The van der Waals surface area contributed by atoms with Gasteiger partial charge in [-0.05, 0) is 55.0 Å². The molecule has 0 atom stereocenters. The second-order valence-corrected chi connectivity index (χ2v) is 7.36. The van der Waals surface area contributed by atoms with E-state index in [-0.39, 0.29) is 0 Å². The molecule has 0 spiro atoms. The van der Waals surface area contributed by atoms with Crippen molar-refractivity contribution in [1.29, 1.82) is 0 Å². The van der Waals surface area contributed by atoms with E-state index in [1.54, 1.807) is 0 Å². The molecule has 0 unspecified atom stereocenters. The molecule has 4 aromatic rings. The van der Waals surface area contributed by atoms with Gasteiger partial charge in [0.1, 0.15) is 5.82 Å². The first kappa shape index (κ1) is 18.0. The third kappa shape index (κ3) is 3.07. The SMILES string of the molecule is C=C(N)Cc1nnc(-c2cc(C)c(C)cc2C)n1-c1cccc2ccccc12. The average molecular weight is 368 g/mol. The topological polar surface area (TPSA) is 56.7 Å². The molecule has 4 heteroatoms. The molecule has 4 nitrogen and oxygen atoms in total. The molecule has 0 saturated carbocycles. The fourth-order valence-electron chi connectivity index (χ4n) is 3.67. The van der Waals surface area contributed by atoms with Gasteiger partial charge in [0.2, 0.25) is 0 Å². The maximum Gasteiger partial charge on any atom is 0.168 e. The Morgan fingerprint density at radius 2 is 1.64 bits per heavy atom. The highest BCUT2D eigenvalue weighted by Crippen LogP contribution is 2.31. The largest absolute Gasteiger partial charge is 0.402 e. The third-order valence-electron chi connectivity index (χ3n) is 5.20. The van der Waals surface area contributed by atoms with Gasteiger partial charge in [0.15, 0.2) is 5.82 Å². The van der Waals surface area contributed by atoms with Crippen molar-refractivity contribution in [2.24, 2.45) is 5.73 Å². The van der Waals surface area contributed by atoms with Crippen LogP contribution in [0.25, 0.3) is 27.8 Å². The van der Waals surface area contributed by atoms with Crippen molar-refractivity contribution in [1.82, 2.24) is 14.8 Å². The van der Waals surface area contributed by atoms with E-state index in [1.165, 1.54) is 22.1 Å². The van der Waals surface area contributed by atoms with E-state index in [1.807, 2.05) is 0 Å². The lowest BCUT2D eigenvalue weighted by molar-refractivity contribution is 0.895. The van der Waals surface area contributed by atoms with Crippen LogP contribution in [0, 0.1) is 20.8 Å². The number of allylic oxidation sites excluding steroid dienone is 1. The molecule has 140 valence electrons. The molecule has 28 heavy (non-hydrogen) atoms. The minimum Gasteiger partial charge on any atom is -0.402 e. The van der Waals surface area contributed by atoms with Crippen LogP contribution < -0.4 is 5.73 Å². The molecule has 4 rings (SSSR count). The first-order valence-corrected chi connectivity index (χ1v) is 9.39. The van der Waals surface area contributed by atoms with Crippen molar-refractivity contribution in [3.8, 4) is 17.1 Å². The zero-order chi connectivity index (χ0) is 19.8. The summed E-state index contributed by atoms with van der Waals surface area (Å²) < 4.78 is 2.12. The fraction of sp³-hybridized carbons (Fsp3) is 0.167. The Hall–Kier alpha value is -3.40. The van der Waals surface area contributed by atoms with Crippen LogP contribution in [0.1, 0.15) is 22.5 Å². The van der Waals surface area contributed by atoms with Gasteiger partial charge in [-0.3, -0.25) is 4.57 Å². The standard InChI is InChI=1S/C24H24N4/c1-15-12-17(3)21(13-16(15)2)24-27-26-23(14-18(4)25)28(24)22-11-7-9-19-8-5-6-10-20(19)22/h5-13H,4,14,25H2,1-3H3. The summed E-state index contributed by atoms with van der Waals surface area (Å²) in [7, 11) is 0. The molecule has 1 heterocycles. The van der Waals surface area contributed by atoms with Crippen LogP contribution in [0.4, 0.5) is 0 Å². The van der Waals surface area contributed by atoms with Gasteiger partial charge >= 0.3 is 0 Å². The highest BCUT2D eigenvalue weighted by molar-refractivity contribution is 5.91. The number of aryl methyl sites for hydroxylation is 3.